The van der Waals surface area contributed by atoms with Crippen LogP contribution in [0.1, 0.15) is 12.5 Å². The molecule has 0 aromatic heterocycles. The van der Waals surface area contributed by atoms with E-state index in [1.807, 2.05) is 37.3 Å². The van der Waals surface area contributed by atoms with Crippen molar-refractivity contribution in [2.75, 3.05) is 20.3 Å². The van der Waals surface area contributed by atoms with E-state index in [-0.39, 0.29) is 12.0 Å². The van der Waals surface area contributed by atoms with Gasteiger partial charge in [0, 0.05) is 13.0 Å². The second-order valence-corrected chi connectivity index (χ2v) is 5.28. The fourth-order valence-corrected chi connectivity index (χ4v) is 2.47. The molecule has 0 saturated carbocycles. The smallest absolute Gasteiger partial charge is 0.328 e. The number of rotatable bonds is 5. The molecule has 22 heavy (non-hydrogen) atoms. The molecule has 1 aromatic rings. The number of hydrogen-bond acceptors (Lipinski definition) is 5. The largest absolute Gasteiger partial charge is 0.467 e. The summed E-state index contributed by atoms with van der Waals surface area (Å²) in [4.78, 5) is 24.3. The minimum absolute atomic E-state index is 0.233. The van der Waals surface area contributed by atoms with Gasteiger partial charge in [-0.15, -0.1) is 0 Å². The van der Waals surface area contributed by atoms with Gasteiger partial charge in [-0.1, -0.05) is 30.3 Å². The average Bonchev–Trinajstić information content (AvgIpc) is 2.54. The minimum atomic E-state index is -0.712. The van der Waals surface area contributed by atoms with Crippen LogP contribution in [0.3, 0.4) is 0 Å². The molecule has 1 aromatic carbocycles. The standard InChI is InChI=1S/C16H22N2O4/c1-11-14(17-8-9-22-11)15(19)18-13(16(20)21-2)10-12-6-4-3-5-7-12/h3-7,11,13-14,17H,8-10H2,1-2H3,(H,18,19)/t11-,13?,14+/m1/s1. The van der Waals surface area contributed by atoms with E-state index in [9.17, 15) is 9.59 Å². The van der Waals surface area contributed by atoms with Crippen molar-refractivity contribution < 1.29 is 19.1 Å². The van der Waals surface area contributed by atoms with Crippen molar-refractivity contribution in [1.82, 2.24) is 10.6 Å². The van der Waals surface area contributed by atoms with Crippen LogP contribution in [0.2, 0.25) is 0 Å². The van der Waals surface area contributed by atoms with E-state index in [1.165, 1.54) is 7.11 Å². The van der Waals surface area contributed by atoms with Crippen LogP contribution < -0.4 is 10.6 Å². The fourth-order valence-electron chi connectivity index (χ4n) is 2.47. The van der Waals surface area contributed by atoms with Crippen molar-refractivity contribution in [2.24, 2.45) is 0 Å². The number of carbonyl (C=O) groups is 2. The molecule has 1 fully saturated rings. The molecular formula is C16H22N2O4. The van der Waals surface area contributed by atoms with E-state index in [4.69, 9.17) is 9.47 Å². The lowest BCUT2D eigenvalue weighted by Crippen LogP contribution is -2.58. The average molecular weight is 306 g/mol. The Morgan fingerprint density at radius 3 is 2.77 bits per heavy atom. The second-order valence-electron chi connectivity index (χ2n) is 5.28. The summed E-state index contributed by atoms with van der Waals surface area (Å²) in [5, 5.41) is 5.87. The predicted molar refractivity (Wildman–Crippen MR) is 81.3 cm³/mol. The molecule has 1 aliphatic rings. The number of morpholine rings is 1. The number of carbonyl (C=O) groups excluding carboxylic acids is 2. The van der Waals surface area contributed by atoms with Crippen LogP contribution in [-0.2, 0) is 25.5 Å². The Morgan fingerprint density at radius 2 is 2.14 bits per heavy atom. The van der Waals surface area contributed by atoms with Crippen molar-refractivity contribution >= 4 is 11.9 Å². The number of hydrogen-bond donors (Lipinski definition) is 2. The van der Waals surface area contributed by atoms with Crippen molar-refractivity contribution in [2.45, 2.75) is 31.5 Å². The molecule has 1 heterocycles. The van der Waals surface area contributed by atoms with Crippen LogP contribution in [0.4, 0.5) is 0 Å². The van der Waals surface area contributed by atoms with Gasteiger partial charge in [0.25, 0.3) is 0 Å². The SMILES string of the molecule is COC(=O)C(Cc1ccccc1)NC(=O)[C@H]1NCCO[C@@H]1C. The first-order valence-electron chi connectivity index (χ1n) is 7.39. The van der Waals surface area contributed by atoms with Gasteiger partial charge >= 0.3 is 5.97 Å². The van der Waals surface area contributed by atoms with E-state index < -0.39 is 18.1 Å². The molecule has 1 saturated heterocycles. The van der Waals surface area contributed by atoms with E-state index in [1.54, 1.807) is 0 Å². The maximum absolute atomic E-state index is 12.4. The van der Waals surface area contributed by atoms with E-state index in [0.717, 1.165) is 5.56 Å². The third kappa shape index (κ3) is 4.29. The lowest BCUT2D eigenvalue weighted by atomic mass is 10.0. The molecule has 0 aliphatic carbocycles. The molecule has 0 spiro atoms. The van der Waals surface area contributed by atoms with Crippen molar-refractivity contribution in [3.63, 3.8) is 0 Å². The van der Waals surface area contributed by atoms with Gasteiger partial charge < -0.3 is 20.1 Å². The zero-order valence-corrected chi connectivity index (χ0v) is 12.9. The maximum atomic E-state index is 12.4. The Balaban J connectivity index is 2.03. The first kappa shape index (κ1) is 16.5. The summed E-state index contributed by atoms with van der Waals surface area (Å²) >= 11 is 0. The van der Waals surface area contributed by atoms with Gasteiger partial charge in [0.05, 0.1) is 19.8 Å². The summed E-state index contributed by atoms with van der Waals surface area (Å²) in [7, 11) is 1.32. The number of ether oxygens (including phenoxy) is 2. The van der Waals surface area contributed by atoms with Gasteiger partial charge in [-0.3, -0.25) is 4.79 Å². The van der Waals surface area contributed by atoms with Gasteiger partial charge in [-0.05, 0) is 12.5 Å². The molecule has 2 N–H and O–H groups in total. The first-order chi connectivity index (χ1) is 10.6. The number of nitrogens with one attached hydrogen (secondary N) is 2. The van der Waals surface area contributed by atoms with E-state index >= 15 is 0 Å². The molecular weight excluding hydrogens is 284 g/mol. The Hall–Kier alpha value is -1.92. The highest BCUT2D eigenvalue weighted by Gasteiger charge is 2.31. The Bertz CT molecular complexity index is 506. The van der Waals surface area contributed by atoms with Gasteiger partial charge in [-0.25, -0.2) is 4.79 Å². The maximum Gasteiger partial charge on any atom is 0.328 e. The molecule has 3 atom stereocenters. The second kappa shape index (κ2) is 7.91. The Kier molecular flexibility index (Phi) is 5.91. The van der Waals surface area contributed by atoms with Gasteiger partial charge in [0.2, 0.25) is 5.91 Å². The lowest BCUT2D eigenvalue weighted by Gasteiger charge is -2.30. The fraction of sp³-hybridized carbons (Fsp3) is 0.500. The molecule has 1 unspecified atom stereocenters. The number of amides is 1. The third-order valence-corrected chi connectivity index (χ3v) is 3.68. The summed E-state index contributed by atoms with van der Waals surface area (Å²) in [5.41, 5.74) is 0.958. The van der Waals surface area contributed by atoms with E-state index in [2.05, 4.69) is 10.6 Å². The van der Waals surface area contributed by atoms with Crippen LogP contribution in [-0.4, -0.2) is 50.3 Å². The van der Waals surface area contributed by atoms with Crippen LogP contribution in [0.25, 0.3) is 0 Å². The lowest BCUT2D eigenvalue weighted by molar-refractivity contribution is -0.146. The van der Waals surface area contributed by atoms with E-state index in [0.29, 0.717) is 19.6 Å². The first-order valence-corrected chi connectivity index (χ1v) is 7.39. The van der Waals surface area contributed by atoms with Crippen LogP contribution in [0.5, 0.6) is 0 Å². The summed E-state index contributed by atoms with van der Waals surface area (Å²) in [6.45, 7) is 3.03. The van der Waals surface area contributed by atoms with Crippen LogP contribution in [0.15, 0.2) is 30.3 Å². The molecule has 120 valence electrons. The molecule has 1 amide bonds. The number of methoxy groups -OCH3 is 1. The quantitative estimate of drug-likeness (QED) is 0.763. The van der Waals surface area contributed by atoms with Crippen molar-refractivity contribution in [3.05, 3.63) is 35.9 Å². The minimum Gasteiger partial charge on any atom is -0.467 e. The molecule has 0 radical (unpaired) electrons. The number of esters is 1. The normalized spacial score (nSPS) is 22.6. The zero-order chi connectivity index (χ0) is 15.9. The highest BCUT2D eigenvalue weighted by atomic mass is 16.5. The molecule has 6 heteroatoms. The van der Waals surface area contributed by atoms with Gasteiger partial charge in [0.1, 0.15) is 12.1 Å². The zero-order valence-electron chi connectivity index (χ0n) is 12.9. The third-order valence-electron chi connectivity index (χ3n) is 3.68. The van der Waals surface area contributed by atoms with Crippen molar-refractivity contribution in [3.8, 4) is 0 Å². The number of benzene rings is 1. The Morgan fingerprint density at radius 1 is 1.41 bits per heavy atom. The van der Waals surface area contributed by atoms with Gasteiger partial charge in [0.15, 0.2) is 0 Å². The predicted octanol–water partition coefficient (Wildman–Crippen LogP) is 0.264. The summed E-state index contributed by atoms with van der Waals surface area (Å²) in [6, 6.07) is 8.33. The molecule has 2 rings (SSSR count). The monoisotopic (exact) mass is 306 g/mol. The Labute approximate surface area is 130 Å². The van der Waals surface area contributed by atoms with Crippen LogP contribution in [0, 0.1) is 0 Å². The molecule has 1 aliphatic heterocycles. The van der Waals surface area contributed by atoms with Crippen LogP contribution >= 0.6 is 0 Å². The molecule has 6 nitrogen and oxygen atoms in total. The highest BCUT2D eigenvalue weighted by molar-refractivity contribution is 5.88. The van der Waals surface area contributed by atoms with Gasteiger partial charge in [-0.2, -0.15) is 0 Å². The highest BCUT2D eigenvalue weighted by Crippen LogP contribution is 2.08. The summed E-state index contributed by atoms with van der Waals surface area (Å²) in [5.74, 6) is -0.708. The molecule has 0 bridgehead atoms. The topological polar surface area (TPSA) is 76.7 Å². The summed E-state index contributed by atoms with van der Waals surface area (Å²) in [6.07, 6.45) is 0.157. The summed E-state index contributed by atoms with van der Waals surface area (Å²) < 4.78 is 10.3. The van der Waals surface area contributed by atoms with Crippen molar-refractivity contribution in [1.29, 1.82) is 0 Å².